The summed E-state index contributed by atoms with van der Waals surface area (Å²) in [7, 11) is 1.81. The van der Waals surface area contributed by atoms with E-state index in [9.17, 15) is 4.79 Å². The third-order valence-corrected chi connectivity index (χ3v) is 4.84. The summed E-state index contributed by atoms with van der Waals surface area (Å²) in [5, 5.41) is 7.16. The fourth-order valence-corrected chi connectivity index (χ4v) is 3.37. The molecule has 1 aromatic heterocycles. The van der Waals surface area contributed by atoms with E-state index in [1.807, 2.05) is 20.9 Å². The van der Waals surface area contributed by atoms with Gasteiger partial charge in [0.05, 0.1) is 18.3 Å². The molecule has 0 saturated heterocycles. The summed E-state index contributed by atoms with van der Waals surface area (Å²) in [6, 6.07) is 8.47. The molecular formula is C19H25N3O2. The van der Waals surface area contributed by atoms with Gasteiger partial charge in [0.2, 0.25) is 0 Å². The standard InChI is InChI=1S/C19H25N3O2/c1-13-17(14(2)24-21-13)12-22(3)19(23)20-18-11-7-5-9-15-8-4-6-10-16(15)18/h4,6,8,10,18H,5,7,9,11-12H2,1-3H3,(H,20,23). The fourth-order valence-electron chi connectivity index (χ4n) is 3.37. The monoisotopic (exact) mass is 327 g/mol. The van der Waals surface area contributed by atoms with Gasteiger partial charge in [-0.05, 0) is 44.2 Å². The molecule has 1 N–H and O–H groups in total. The van der Waals surface area contributed by atoms with E-state index in [0.29, 0.717) is 6.54 Å². The smallest absolute Gasteiger partial charge is 0.317 e. The lowest BCUT2D eigenvalue weighted by Crippen LogP contribution is -2.39. The van der Waals surface area contributed by atoms with Crippen LogP contribution in [0.25, 0.3) is 0 Å². The zero-order valence-electron chi connectivity index (χ0n) is 14.6. The van der Waals surface area contributed by atoms with Crippen LogP contribution in [-0.4, -0.2) is 23.1 Å². The van der Waals surface area contributed by atoms with Gasteiger partial charge in [0.1, 0.15) is 5.76 Å². The Balaban J connectivity index is 1.70. The number of aromatic nitrogens is 1. The Labute approximate surface area is 143 Å². The number of hydrogen-bond acceptors (Lipinski definition) is 3. The molecule has 0 spiro atoms. The SMILES string of the molecule is Cc1noc(C)c1CN(C)C(=O)NC1CCCCc2ccccc21. The Morgan fingerprint density at radius 2 is 2.12 bits per heavy atom. The maximum absolute atomic E-state index is 12.6. The fraction of sp³-hybridized carbons (Fsp3) is 0.474. The van der Waals surface area contributed by atoms with Crippen LogP contribution in [0.1, 0.15) is 53.4 Å². The predicted octanol–water partition coefficient (Wildman–Crippen LogP) is 3.90. The zero-order chi connectivity index (χ0) is 17.1. The van der Waals surface area contributed by atoms with Gasteiger partial charge in [-0.25, -0.2) is 4.79 Å². The zero-order valence-corrected chi connectivity index (χ0v) is 14.6. The highest BCUT2D eigenvalue weighted by Crippen LogP contribution is 2.28. The van der Waals surface area contributed by atoms with Crippen LogP contribution in [0.3, 0.4) is 0 Å². The Bertz CT molecular complexity index is 704. The number of urea groups is 1. The molecule has 0 fully saturated rings. The first-order chi connectivity index (χ1) is 11.6. The normalized spacial score (nSPS) is 17.0. The first-order valence-electron chi connectivity index (χ1n) is 8.57. The van der Waals surface area contributed by atoms with Crippen molar-refractivity contribution in [3.63, 3.8) is 0 Å². The van der Waals surface area contributed by atoms with E-state index in [1.54, 1.807) is 4.90 Å². The largest absolute Gasteiger partial charge is 0.361 e. The van der Waals surface area contributed by atoms with E-state index in [-0.39, 0.29) is 12.1 Å². The van der Waals surface area contributed by atoms with Crippen LogP contribution in [0.2, 0.25) is 0 Å². The predicted molar refractivity (Wildman–Crippen MR) is 92.7 cm³/mol. The molecule has 2 amide bonds. The molecule has 0 saturated carbocycles. The number of benzene rings is 1. The Kier molecular flexibility index (Phi) is 4.88. The molecule has 5 nitrogen and oxygen atoms in total. The van der Waals surface area contributed by atoms with Gasteiger partial charge >= 0.3 is 6.03 Å². The van der Waals surface area contributed by atoms with E-state index in [1.165, 1.54) is 17.5 Å². The third kappa shape index (κ3) is 3.45. The summed E-state index contributed by atoms with van der Waals surface area (Å²) >= 11 is 0. The number of carbonyl (C=O) groups is 1. The minimum absolute atomic E-state index is 0.0586. The molecule has 1 atom stereocenters. The number of aryl methyl sites for hydroxylation is 3. The quantitative estimate of drug-likeness (QED) is 0.870. The van der Waals surface area contributed by atoms with E-state index in [0.717, 1.165) is 36.3 Å². The van der Waals surface area contributed by atoms with Gasteiger partial charge in [-0.1, -0.05) is 35.8 Å². The number of carbonyl (C=O) groups excluding carboxylic acids is 1. The van der Waals surface area contributed by atoms with Crippen LogP contribution in [0.4, 0.5) is 4.79 Å². The van der Waals surface area contributed by atoms with Crippen LogP contribution >= 0.6 is 0 Å². The molecule has 0 bridgehead atoms. The Morgan fingerprint density at radius 1 is 1.33 bits per heavy atom. The molecule has 3 rings (SSSR count). The maximum atomic E-state index is 12.6. The molecule has 0 radical (unpaired) electrons. The molecular weight excluding hydrogens is 302 g/mol. The van der Waals surface area contributed by atoms with Gasteiger partial charge in [0.15, 0.2) is 0 Å². The summed E-state index contributed by atoms with van der Waals surface area (Å²) in [5.41, 5.74) is 4.43. The summed E-state index contributed by atoms with van der Waals surface area (Å²) in [5.74, 6) is 0.770. The second-order valence-corrected chi connectivity index (χ2v) is 6.61. The lowest BCUT2D eigenvalue weighted by molar-refractivity contribution is 0.201. The van der Waals surface area contributed by atoms with Crippen molar-refractivity contribution < 1.29 is 9.32 Å². The summed E-state index contributed by atoms with van der Waals surface area (Å²) in [6.07, 6.45) is 4.39. The molecule has 1 aromatic carbocycles. The van der Waals surface area contributed by atoms with E-state index >= 15 is 0 Å². The van der Waals surface area contributed by atoms with Gasteiger partial charge in [-0.15, -0.1) is 0 Å². The van der Waals surface area contributed by atoms with E-state index in [4.69, 9.17) is 4.52 Å². The van der Waals surface area contributed by atoms with Crippen molar-refractivity contribution in [3.8, 4) is 0 Å². The van der Waals surface area contributed by atoms with Crippen molar-refractivity contribution in [2.75, 3.05) is 7.05 Å². The summed E-state index contributed by atoms with van der Waals surface area (Å²) in [6.45, 7) is 4.28. The molecule has 2 aromatic rings. The van der Waals surface area contributed by atoms with E-state index in [2.05, 4.69) is 34.7 Å². The highest BCUT2D eigenvalue weighted by molar-refractivity contribution is 5.74. The average Bonchev–Trinajstić information content (AvgIpc) is 2.78. The lowest BCUT2D eigenvalue weighted by Gasteiger charge is -2.24. The van der Waals surface area contributed by atoms with Gasteiger partial charge in [0.25, 0.3) is 0 Å². The molecule has 1 heterocycles. The van der Waals surface area contributed by atoms with Gasteiger partial charge in [-0.3, -0.25) is 0 Å². The van der Waals surface area contributed by atoms with Gasteiger partial charge in [-0.2, -0.15) is 0 Å². The van der Waals surface area contributed by atoms with Crippen LogP contribution in [-0.2, 0) is 13.0 Å². The Morgan fingerprint density at radius 3 is 2.88 bits per heavy atom. The van der Waals surface area contributed by atoms with Crippen molar-refractivity contribution in [3.05, 3.63) is 52.4 Å². The second kappa shape index (κ2) is 7.07. The third-order valence-electron chi connectivity index (χ3n) is 4.84. The lowest BCUT2D eigenvalue weighted by atomic mass is 9.99. The highest BCUT2D eigenvalue weighted by Gasteiger charge is 2.22. The number of rotatable bonds is 3. The minimum Gasteiger partial charge on any atom is -0.361 e. The molecule has 5 heteroatoms. The second-order valence-electron chi connectivity index (χ2n) is 6.61. The van der Waals surface area contributed by atoms with Crippen molar-refractivity contribution in [1.82, 2.24) is 15.4 Å². The molecule has 1 aliphatic rings. The highest BCUT2D eigenvalue weighted by atomic mass is 16.5. The van der Waals surface area contributed by atoms with Gasteiger partial charge in [0, 0.05) is 12.6 Å². The number of fused-ring (bicyclic) bond motifs is 1. The van der Waals surface area contributed by atoms with Crippen LogP contribution in [0.5, 0.6) is 0 Å². The van der Waals surface area contributed by atoms with Crippen molar-refractivity contribution in [2.24, 2.45) is 0 Å². The van der Waals surface area contributed by atoms with Crippen molar-refractivity contribution >= 4 is 6.03 Å². The molecule has 1 aliphatic carbocycles. The van der Waals surface area contributed by atoms with Crippen LogP contribution < -0.4 is 5.32 Å². The number of nitrogens with zero attached hydrogens (tertiary/aromatic N) is 2. The first kappa shape index (κ1) is 16.6. The maximum Gasteiger partial charge on any atom is 0.317 e. The van der Waals surface area contributed by atoms with Crippen molar-refractivity contribution in [1.29, 1.82) is 0 Å². The molecule has 0 aliphatic heterocycles. The molecule has 1 unspecified atom stereocenters. The topological polar surface area (TPSA) is 58.4 Å². The minimum atomic E-state index is -0.0586. The molecule has 128 valence electrons. The van der Waals surface area contributed by atoms with Crippen LogP contribution in [0, 0.1) is 13.8 Å². The van der Waals surface area contributed by atoms with E-state index < -0.39 is 0 Å². The Hall–Kier alpha value is -2.30. The molecule has 24 heavy (non-hydrogen) atoms. The van der Waals surface area contributed by atoms with Crippen LogP contribution in [0.15, 0.2) is 28.8 Å². The average molecular weight is 327 g/mol. The summed E-state index contributed by atoms with van der Waals surface area (Å²) < 4.78 is 5.18. The van der Waals surface area contributed by atoms with Gasteiger partial charge < -0.3 is 14.7 Å². The summed E-state index contributed by atoms with van der Waals surface area (Å²) in [4.78, 5) is 14.3. The number of hydrogen-bond donors (Lipinski definition) is 1. The first-order valence-corrected chi connectivity index (χ1v) is 8.57. The number of amides is 2. The number of nitrogens with one attached hydrogen (secondary N) is 1. The van der Waals surface area contributed by atoms with Crippen molar-refractivity contribution in [2.45, 2.75) is 52.1 Å².